The standard InChI is InChI=1S/C21H21NO3/c1-2-17-25-21-15-11-19(12-16-21)8-6-4-3-5-7-18-9-13-20(14-10-18)22(23)24/h3-16H,2,17H2,1H3. The minimum Gasteiger partial charge on any atom is -0.494 e. The van der Waals surface area contributed by atoms with Crippen molar-refractivity contribution in [3.8, 4) is 5.75 Å². The molecule has 128 valence electrons. The van der Waals surface area contributed by atoms with Gasteiger partial charge in [0, 0.05) is 12.1 Å². The van der Waals surface area contributed by atoms with Gasteiger partial charge in [0.05, 0.1) is 11.5 Å². The fraction of sp³-hybridized carbons (Fsp3) is 0.143. The molecule has 0 aliphatic heterocycles. The van der Waals surface area contributed by atoms with Gasteiger partial charge < -0.3 is 4.74 Å². The maximum absolute atomic E-state index is 10.6. The summed E-state index contributed by atoms with van der Waals surface area (Å²) in [6.45, 7) is 2.82. The van der Waals surface area contributed by atoms with Crippen molar-refractivity contribution in [3.05, 3.63) is 94.1 Å². The third-order valence-corrected chi connectivity index (χ3v) is 3.37. The van der Waals surface area contributed by atoms with Crippen molar-refractivity contribution in [2.45, 2.75) is 13.3 Å². The summed E-state index contributed by atoms with van der Waals surface area (Å²) in [4.78, 5) is 10.2. The highest BCUT2D eigenvalue weighted by Crippen LogP contribution is 2.14. The van der Waals surface area contributed by atoms with Gasteiger partial charge in [-0.3, -0.25) is 10.1 Å². The van der Waals surface area contributed by atoms with Crippen molar-refractivity contribution < 1.29 is 9.66 Å². The molecular weight excluding hydrogens is 314 g/mol. The minimum atomic E-state index is -0.402. The van der Waals surface area contributed by atoms with Gasteiger partial charge in [-0.2, -0.15) is 0 Å². The van der Waals surface area contributed by atoms with Crippen LogP contribution >= 0.6 is 0 Å². The van der Waals surface area contributed by atoms with E-state index in [0.717, 1.165) is 29.9 Å². The van der Waals surface area contributed by atoms with Gasteiger partial charge in [-0.25, -0.2) is 0 Å². The van der Waals surface area contributed by atoms with Gasteiger partial charge in [0.15, 0.2) is 0 Å². The van der Waals surface area contributed by atoms with Gasteiger partial charge in [0.1, 0.15) is 5.75 Å². The van der Waals surface area contributed by atoms with Crippen LogP contribution in [0.1, 0.15) is 24.5 Å². The summed E-state index contributed by atoms with van der Waals surface area (Å²) >= 11 is 0. The fourth-order valence-corrected chi connectivity index (χ4v) is 2.06. The molecule has 0 aliphatic rings. The first-order valence-electron chi connectivity index (χ1n) is 8.18. The van der Waals surface area contributed by atoms with Crippen LogP contribution in [0.5, 0.6) is 5.75 Å². The zero-order valence-electron chi connectivity index (χ0n) is 14.2. The smallest absolute Gasteiger partial charge is 0.269 e. The Labute approximate surface area is 147 Å². The number of hydrogen-bond acceptors (Lipinski definition) is 3. The third kappa shape index (κ3) is 6.47. The molecule has 2 aromatic carbocycles. The average molecular weight is 335 g/mol. The van der Waals surface area contributed by atoms with E-state index < -0.39 is 4.92 Å². The number of nitro benzene ring substituents is 1. The Hall–Kier alpha value is -3.14. The SMILES string of the molecule is CCCOc1ccc(C=CC=CC=Cc2ccc([N+](=O)[O-])cc2)cc1. The topological polar surface area (TPSA) is 52.4 Å². The van der Waals surface area contributed by atoms with Gasteiger partial charge in [-0.1, -0.05) is 55.5 Å². The molecular formula is C21H21NO3. The highest BCUT2D eigenvalue weighted by molar-refractivity contribution is 5.55. The Bertz CT molecular complexity index is 757. The average Bonchev–Trinajstić information content (AvgIpc) is 2.64. The van der Waals surface area contributed by atoms with Crippen LogP contribution in [0.3, 0.4) is 0 Å². The number of allylic oxidation sites excluding steroid dienone is 4. The van der Waals surface area contributed by atoms with Crippen LogP contribution in [0.4, 0.5) is 5.69 Å². The van der Waals surface area contributed by atoms with Crippen LogP contribution in [0.25, 0.3) is 12.2 Å². The Morgan fingerprint density at radius 1 is 0.880 bits per heavy atom. The Morgan fingerprint density at radius 3 is 1.88 bits per heavy atom. The Morgan fingerprint density at radius 2 is 1.40 bits per heavy atom. The van der Waals surface area contributed by atoms with Crippen LogP contribution < -0.4 is 4.74 Å². The molecule has 0 aromatic heterocycles. The maximum Gasteiger partial charge on any atom is 0.269 e. The zero-order valence-corrected chi connectivity index (χ0v) is 14.2. The number of nitro groups is 1. The molecule has 0 fully saturated rings. The van der Waals surface area contributed by atoms with Gasteiger partial charge in [0.25, 0.3) is 5.69 Å². The van der Waals surface area contributed by atoms with Crippen LogP contribution in [-0.2, 0) is 0 Å². The molecule has 0 spiro atoms. The maximum atomic E-state index is 10.6. The monoisotopic (exact) mass is 335 g/mol. The van der Waals surface area contributed by atoms with E-state index in [4.69, 9.17) is 4.74 Å². The molecule has 0 amide bonds. The molecule has 0 atom stereocenters. The number of nitrogens with zero attached hydrogens (tertiary/aromatic N) is 1. The number of rotatable bonds is 8. The second-order valence-corrected chi connectivity index (χ2v) is 5.37. The lowest BCUT2D eigenvalue weighted by molar-refractivity contribution is -0.384. The van der Waals surface area contributed by atoms with Crippen molar-refractivity contribution >= 4 is 17.8 Å². The van der Waals surface area contributed by atoms with Crippen LogP contribution in [0.15, 0.2) is 72.8 Å². The lowest BCUT2D eigenvalue weighted by Crippen LogP contribution is -1.94. The fourth-order valence-electron chi connectivity index (χ4n) is 2.06. The molecule has 0 heterocycles. The van der Waals surface area contributed by atoms with Crippen molar-refractivity contribution in [2.75, 3.05) is 6.61 Å². The molecule has 0 radical (unpaired) electrons. The number of hydrogen-bond donors (Lipinski definition) is 0. The zero-order chi connectivity index (χ0) is 17.9. The number of benzene rings is 2. The predicted octanol–water partition coefficient (Wildman–Crippen LogP) is 5.67. The molecule has 0 saturated carbocycles. The molecule has 2 aromatic rings. The van der Waals surface area contributed by atoms with Gasteiger partial charge in [-0.15, -0.1) is 0 Å². The van der Waals surface area contributed by atoms with Crippen LogP contribution in [0.2, 0.25) is 0 Å². The first-order valence-corrected chi connectivity index (χ1v) is 8.18. The molecule has 0 unspecified atom stereocenters. The van der Waals surface area contributed by atoms with E-state index in [1.807, 2.05) is 60.7 Å². The number of non-ortho nitro benzene ring substituents is 1. The molecule has 0 aliphatic carbocycles. The van der Waals surface area contributed by atoms with Gasteiger partial charge >= 0.3 is 0 Å². The summed E-state index contributed by atoms with van der Waals surface area (Å²) in [6, 6.07) is 14.4. The number of ether oxygens (including phenoxy) is 1. The quantitative estimate of drug-likeness (QED) is 0.355. The molecule has 25 heavy (non-hydrogen) atoms. The molecule has 0 bridgehead atoms. The summed E-state index contributed by atoms with van der Waals surface area (Å²) in [5.74, 6) is 0.889. The van der Waals surface area contributed by atoms with E-state index in [9.17, 15) is 10.1 Å². The van der Waals surface area contributed by atoms with E-state index in [1.54, 1.807) is 12.1 Å². The minimum absolute atomic E-state index is 0.0988. The van der Waals surface area contributed by atoms with E-state index in [-0.39, 0.29) is 5.69 Å². The van der Waals surface area contributed by atoms with Gasteiger partial charge in [0.2, 0.25) is 0 Å². The first-order chi connectivity index (χ1) is 12.2. The second kappa shape index (κ2) is 9.88. The molecule has 2 rings (SSSR count). The second-order valence-electron chi connectivity index (χ2n) is 5.37. The summed E-state index contributed by atoms with van der Waals surface area (Å²) in [7, 11) is 0. The van der Waals surface area contributed by atoms with Crippen molar-refractivity contribution in [1.82, 2.24) is 0 Å². The van der Waals surface area contributed by atoms with E-state index in [2.05, 4.69) is 6.92 Å². The molecule has 0 N–H and O–H groups in total. The third-order valence-electron chi connectivity index (χ3n) is 3.37. The van der Waals surface area contributed by atoms with Gasteiger partial charge in [-0.05, 0) is 41.8 Å². The highest BCUT2D eigenvalue weighted by atomic mass is 16.6. The van der Waals surface area contributed by atoms with Crippen LogP contribution in [0, 0.1) is 10.1 Å². The normalized spacial score (nSPS) is 11.6. The van der Waals surface area contributed by atoms with Crippen molar-refractivity contribution in [1.29, 1.82) is 0 Å². The first kappa shape index (κ1) is 18.2. The van der Waals surface area contributed by atoms with Crippen molar-refractivity contribution in [2.24, 2.45) is 0 Å². The lowest BCUT2D eigenvalue weighted by Gasteiger charge is -2.03. The Balaban J connectivity index is 1.83. The summed E-state index contributed by atoms with van der Waals surface area (Å²) in [5.41, 5.74) is 2.12. The van der Waals surface area contributed by atoms with E-state index in [0.29, 0.717) is 0 Å². The van der Waals surface area contributed by atoms with E-state index >= 15 is 0 Å². The summed E-state index contributed by atoms with van der Waals surface area (Å²) in [5, 5.41) is 10.6. The summed E-state index contributed by atoms with van der Waals surface area (Å²) < 4.78 is 5.55. The molecule has 4 nitrogen and oxygen atoms in total. The highest BCUT2D eigenvalue weighted by Gasteiger charge is 2.01. The molecule has 4 heteroatoms. The summed E-state index contributed by atoms with van der Waals surface area (Å²) in [6.07, 6.45) is 12.6. The van der Waals surface area contributed by atoms with E-state index in [1.165, 1.54) is 12.1 Å². The van der Waals surface area contributed by atoms with Crippen molar-refractivity contribution in [3.63, 3.8) is 0 Å². The molecule has 0 saturated heterocycles. The predicted molar refractivity (Wildman–Crippen MR) is 103 cm³/mol. The van der Waals surface area contributed by atoms with Crippen LogP contribution in [-0.4, -0.2) is 11.5 Å². The Kier molecular flexibility index (Phi) is 7.19. The lowest BCUT2D eigenvalue weighted by atomic mass is 10.2. The largest absolute Gasteiger partial charge is 0.494 e.